The Morgan fingerprint density at radius 3 is 0.909 bits per heavy atom. The van der Waals surface area contributed by atoms with Crippen LogP contribution in [-0.2, 0) is 0 Å². The lowest BCUT2D eigenvalue weighted by molar-refractivity contribution is 0.730. The Morgan fingerprint density at radius 1 is 0.545 bits per heavy atom. The maximum Gasteiger partial charge on any atom is -0.0351 e. The summed E-state index contributed by atoms with van der Waals surface area (Å²) in [6.07, 6.45) is 10.0. The molecule has 0 spiro atoms. The highest BCUT2D eigenvalue weighted by Crippen LogP contribution is 2.07. The summed E-state index contributed by atoms with van der Waals surface area (Å²) >= 11 is 0. The van der Waals surface area contributed by atoms with Gasteiger partial charge >= 0.3 is 0 Å². The molecule has 1 aliphatic rings. The van der Waals surface area contributed by atoms with Crippen LogP contribution in [0.25, 0.3) is 0 Å². The summed E-state index contributed by atoms with van der Waals surface area (Å²) in [5, 5.41) is 0. The minimum atomic E-state index is 0. The Balaban J connectivity index is -0.0000000240. The maximum atomic E-state index is 2.27. The van der Waals surface area contributed by atoms with E-state index in [-0.39, 0.29) is 62.0 Å². The van der Waals surface area contributed by atoms with E-state index in [2.05, 4.69) is 12.2 Å². The van der Waals surface area contributed by atoms with Crippen molar-refractivity contribution in [2.45, 2.75) is 25.7 Å². The zero-order chi connectivity index (χ0) is 4.24. The summed E-state index contributed by atoms with van der Waals surface area (Å²) in [5.74, 6) is 0. The Morgan fingerprint density at radius 2 is 0.818 bits per heavy atom. The van der Waals surface area contributed by atoms with E-state index < -0.39 is 0 Å². The molecule has 74 valence electrons. The first kappa shape index (κ1) is 29.5. The van der Waals surface area contributed by atoms with Crippen molar-refractivity contribution in [2.75, 3.05) is 0 Å². The fourth-order valence-electron chi connectivity index (χ4n) is 0.760. The molecule has 0 heterocycles. The predicted octanol–water partition coefficient (Wildman–Crippen LogP) is 4.23. The van der Waals surface area contributed by atoms with Crippen LogP contribution in [0.2, 0.25) is 0 Å². The molecule has 1 aliphatic carbocycles. The standard InChI is InChI=1S/C6H10.5ClH/c1-2-4-6-5-3-1;;;;;/h1-2H,3-6H2;5*1H. The van der Waals surface area contributed by atoms with Crippen molar-refractivity contribution >= 4 is 62.0 Å². The number of hydrogen-bond acceptors (Lipinski definition) is 0. The van der Waals surface area contributed by atoms with Gasteiger partial charge in [0.1, 0.15) is 0 Å². The van der Waals surface area contributed by atoms with E-state index in [0.29, 0.717) is 0 Å². The molecular weight excluding hydrogens is 249 g/mol. The molecule has 0 saturated heterocycles. The van der Waals surface area contributed by atoms with Crippen LogP contribution in [0, 0.1) is 0 Å². The van der Waals surface area contributed by atoms with E-state index in [1.54, 1.807) is 0 Å². The van der Waals surface area contributed by atoms with E-state index in [4.69, 9.17) is 0 Å². The van der Waals surface area contributed by atoms with Crippen LogP contribution in [0.15, 0.2) is 12.2 Å². The average molecular weight is 264 g/mol. The van der Waals surface area contributed by atoms with Crippen molar-refractivity contribution in [2.24, 2.45) is 0 Å². The molecule has 0 bridgehead atoms. The molecule has 0 N–H and O–H groups in total. The Bertz CT molecular complexity index is 56.0. The fourth-order valence-corrected chi connectivity index (χ4v) is 0.760. The lowest BCUT2D eigenvalue weighted by atomic mass is 10.1. The van der Waals surface area contributed by atoms with Crippen molar-refractivity contribution in [3.63, 3.8) is 0 Å². The average Bonchev–Trinajstić information content (AvgIpc) is 1.72. The maximum absolute atomic E-state index is 2.27. The van der Waals surface area contributed by atoms with Gasteiger partial charge in [0.05, 0.1) is 0 Å². The highest BCUT2D eigenvalue weighted by molar-refractivity contribution is 5.86. The number of rotatable bonds is 0. The molecule has 11 heavy (non-hydrogen) atoms. The SMILES string of the molecule is C1=CCCCC1.Cl.Cl.Cl.Cl.Cl. The Labute approximate surface area is 99.6 Å². The van der Waals surface area contributed by atoms with Crippen LogP contribution >= 0.6 is 62.0 Å². The van der Waals surface area contributed by atoms with Crippen LogP contribution in [-0.4, -0.2) is 0 Å². The van der Waals surface area contributed by atoms with Crippen molar-refractivity contribution in [3.8, 4) is 0 Å². The van der Waals surface area contributed by atoms with E-state index in [9.17, 15) is 0 Å². The second-order valence-corrected chi connectivity index (χ2v) is 1.76. The fraction of sp³-hybridized carbons (Fsp3) is 0.667. The minimum Gasteiger partial charge on any atom is -0.147 e. The molecule has 0 unspecified atom stereocenters. The van der Waals surface area contributed by atoms with Crippen molar-refractivity contribution in [1.29, 1.82) is 0 Å². The minimum absolute atomic E-state index is 0. The van der Waals surface area contributed by atoms with Gasteiger partial charge in [-0.05, 0) is 25.7 Å². The monoisotopic (exact) mass is 262 g/mol. The van der Waals surface area contributed by atoms with Gasteiger partial charge in [0.25, 0.3) is 0 Å². The van der Waals surface area contributed by atoms with Gasteiger partial charge in [0, 0.05) is 0 Å². The molecule has 0 radical (unpaired) electrons. The normalized spacial score (nSPS) is 11.6. The molecule has 0 aromatic rings. The molecule has 0 aliphatic heterocycles. The lowest BCUT2D eigenvalue weighted by Crippen LogP contribution is -1.77. The predicted molar refractivity (Wildman–Crippen MR) is 63.8 cm³/mol. The molecule has 0 amide bonds. The van der Waals surface area contributed by atoms with Gasteiger partial charge in [0.2, 0.25) is 0 Å². The smallest absolute Gasteiger partial charge is 0.0351 e. The summed E-state index contributed by atoms with van der Waals surface area (Å²) in [6.45, 7) is 0. The van der Waals surface area contributed by atoms with Gasteiger partial charge in [-0.1, -0.05) is 12.2 Å². The Kier molecular flexibility index (Phi) is 60.3. The van der Waals surface area contributed by atoms with E-state index in [0.717, 1.165) is 0 Å². The first-order valence-electron chi connectivity index (χ1n) is 2.65. The number of halogens is 5. The second kappa shape index (κ2) is 22.5. The van der Waals surface area contributed by atoms with E-state index >= 15 is 0 Å². The van der Waals surface area contributed by atoms with Crippen LogP contribution < -0.4 is 0 Å². The number of hydrogen-bond donors (Lipinski definition) is 0. The quantitative estimate of drug-likeness (QED) is 0.575. The zero-order valence-electron chi connectivity index (χ0n) is 6.02. The molecule has 0 fully saturated rings. The van der Waals surface area contributed by atoms with E-state index in [1.165, 1.54) is 25.7 Å². The van der Waals surface area contributed by atoms with Crippen LogP contribution in [0.3, 0.4) is 0 Å². The third-order valence-corrected chi connectivity index (χ3v) is 1.16. The molecule has 0 saturated carbocycles. The van der Waals surface area contributed by atoms with E-state index in [1.807, 2.05) is 0 Å². The zero-order valence-corrected chi connectivity index (χ0v) is 10.1. The summed E-state index contributed by atoms with van der Waals surface area (Å²) < 4.78 is 0. The number of allylic oxidation sites excluding steroid dienone is 2. The van der Waals surface area contributed by atoms with Crippen molar-refractivity contribution < 1.29 is 0 Å². The third-order valence-electron chi connectivity index (χ3n) is 1.16. The molecule has 1 rings (SSSR count). The van der Waals surface area contributed by atoms with Crippen molar-refractivity contribution in [1.82, 2.24) is 0 Å². The van der Waals surface area contributed by atoms with Crippen LogP contribution in [0.5, 0.6) is 0 Å². The Hall–Kier alpha value is 1.19. The van der Waals surface area contributed by atoms with Gasteiger partial charge in [-0.25, -0.2) is 0 Å². The molecule has 0 aromatic carbocycles. The van der Waals surface area contributed by atoms with Crippen LogP contribution in [0.4, 0.5) is 0 Å². The lowest BCUT2D eigenvalue weighted by Gasteiger charge is -1.97. The molecular formula is C6H15Cl5. The highest BCUT2D eigenvalue weighted by atomic mass is 35.5. The highest BCUT2D eigenvalue weighted by Gasteiger charge is 1.87. The molecule has 5 heteroatoms. The second-order valence-electron chi connectivity index (χ2n) is 1.76. The summed E-state index contributed by atoms with van der Waals surface area (Å²) in [7, 11) is 0. The van der Waals surface area contributed by atoms with Gasteiger partial charge in [-0.3, -0.25) is 0 Å². The summed E-state index contributed by atoms with van der Waals surface area (Å²) in [6, 6.07) is 0. The topological polar surface area (TPSA) is 0 Å². The van der Waals surface area contributed by atoms with Crippen LogP contribution in [0.1, 0.15) is 25.7 Å². The first-order chi connectivity index (χ1) is 3.00. The van der Waals surface area contributed by atoms with Gasteiger partial charge in [-0.15, -0.1) is 62.0 Å². The first-order valence-corrected chi connectivity index (χ1v) is 2.65. The molecule has 0 aromatic heterocycles. The van der Waals surface area contributed by atoms with Gasteiger partial charge in [0.15, 0.2) is 0 Å². The summed E-state index contributed by atoms with van der Waals surface area (Å²) in [4.78, 5) is 0. The molecule has 0 atom stereocenters. The van der Waals surface area contributed by atoms with Gasteiger partial charge < -0.3 is 0 Å². The summed E-state index contributed by atoms with van der Waals surface area (Å²) in [5.41, 5.74) is 0. The van der Waals surface area contributed by atoms with Crippen molar-refractivity contribution in [3.05, 3.63) is 12.2 Å². The third kappa shape index (κ3) is 18.3. The molecule has 0 nitrogen and oxygen atoms in total. The largest absolute Gasteiger partial charge is 0.147 e. The van der Waals surface area contributed by atoms with Gasteiger partial charge in [-0.2, -0.15) is 0 Å².